The maximum atomic E-state index is 11.7. The molecule has 0 saturated carbocycles. The Morgan fingerprint density at radius 3 is 2.31 bits per heavy atom. The largest absolute Gasteiger partial charge is 0.493 e. The second-order valence-corrected chi connectivity index (χ2v) is 3.80. The molecule has 16 heavy (non-hydrogen) atoms. The van der Waals surface area contributed by atoms with Crippen molar-refractivity contribution in [2.24, 2.45) is 0 Å². The zero-order valence-electron chi connectivity index (χ0n) is 9.70. The van der Waals surface area contributed by atoms with Crippen LogP contribution in [-0.2, 0) is 0 Å². The molecule has 0 aromatic heterocycles. The van der Waals surface area contributed by atoms with Gasteiger partial charge in [-0.25, -0.2) is 0 Å². The minimum Gasteiger partial charge on any atom is -0.493 e. The van der Waals surface area contributed by atoms with Crippen LogP contribution in [0, 0.1) is 0 Å². The maximum Gasteiger partial charge on any atom is 0.253 e. The summed E-state index contributed by atoms with van der Waals surface area (Å²) in [7, 11) is 6.34. The summed E-state index contributed by atoms with van der Waals surface area (Å²) < 4.78 is 10.2. The van der Waals surface area contributed by atoms with Gasteiger partial charge < -0.3 is 14.4 Å². The van der Waals surface area contributed by atoms with Gasteiger partial charge in [-0.1, -0.05) is 11.6 Å². The molecule has 1 aromatic carbocycles. The molecule has 5 heteroatoms. The average molecular weight is 244 g/mol. The second-order valence-electron chi connectivity index (χ2n) is 3.39. The molecule has 88 valence electrons. The molecular formula is C11H14ClNO3. The lowest BCUT2D eigenvalue weighted by molar-refractivity contribution is 0.0827. The van der Waals surface area contributed by atoms with Gasteiger partial charge in [-0.05, 0) is 12.1 Å². The summed E-state index contributed by atoms with van der Waals surface area (Å²) in [6.07, 6.45) is 0. The summed E-state index contributed by atoms with van der Waals surface area (Å²) in [6.45, 7) is 0. The molecule has 0 bridgehead atoms. The van der Waals surface area contributed by atoms with Crippen LogP contribution in [0.5, 0.6) is 11.5 Å². The van der Waals surface area contributed by atoms with Crippen molar-refractivity contribution in [3.63, 3.8) is 0 Å². The molecule has 0 aliphatic rings. The van der Waals surface area contributed by atoms with E-state index in [1.54, 1.807) is 26.2 Å². The number of nitrogens with zero attached hydrogens (tertiary/aromatic N) is 1. The minimum atomic E-state index is -0.136. The molecule has 0 radical (unpaired) electrons. The molecule has 1 rings (SSSR count). The zero-order valence-corrected chi connectivity index (χ0v) is 10.5. The van der Waals surface area contributed by atoms with Crippen molar-refractivity contribution in [2.75, 3.05) is 28.3 Å². The van der Waals surface area contributed by atoms with E-state index in [-0.39, 0.29) is 5.91 Å². The van der Waals surface area contributed by atoms with Gasteiger partial charge in [-0.15, -0.1) is 0 Å². The molecule has 0 N–H and O–H groups in total. The molecule has 0 unspecified atom stereocenters. The number of ether oxygens (including phenoxy) is 2. The van der Waals surface area contributed by atoms with Crippen LogP contribution in [0.3, 0.4) is 0 Å². The number of rotatable bonds is 3. The lowest BCUT2D eigenvalue weighted by atomic mass is 10.2. The molecule has 0 heterocycles. The Bertz CT molecular complexity index is 404. The van der Waals surface area contributed by atoms with Gasteiger partial charge in [-0.2, -0.15) is 0 Å². The predicted molar refractivity (Wildman–Crippen MR) is 62.6 cm³/mol. The summed E-state index contributed by atoms with van der Waals surface area (Å²) in [5.74, 6) is 0.738. The summed E-state index contributed by atoms with van der Waals surface area (Å²) in [4.78, 5) is 13.2. The number of benzene rings is 1. The molecule has 0 fully saturated rings. The van der Waals surface area contributed by atoms with E-state index in [1.165, 1.54) is 19.1 Å². The Kier molecular flexibility index (Phi) is 4.01. The molecular weight excluding hydrogens is 230 g/mol. The van der Waals surface area contributed by atoms with Gasteiger partial charge in [0, 0.05) is 19.7 Å². The van der Waals surface area contributed by atoms with Crippen LogP contribution in [0.25, 0.3) is 0 Å². The molecule has 0 atom stereocenters. The zero-order chi connectivity index (χ0) is 12.3. The highest BCUT2D eigenvalue weighted by atomic mass is 35.5. The van der Waals surface area contributed by atoms with Crippen molar-refractivity contribution in [3.8, 4) is 11.5 Å². The van der Waals surface area contributed by atoms with Gasteiger partial charge in [-0.3, -0.25) is 4.79 Å². The topological polar surface area (TPSA) is 38.8 Å². The van der Waals surface area contributed by atoms with Crippen molar-refractivity contribution >= 4 is 17.5 Å². The van der Waals surface area contributed by atoms with E-state index >= 15 is 0 Å². The Hall–Kier alpha value is -1.42. The Morgan fingerprint density at radius 2 is 1.88 bits per heavy atom. The van der Waals surface area contributed by atoms with Crippen molar-refractivity contribution in [1.29, 1.82) is 0 Å². The lowest BCUT2D eigenvalue weighted by Gasteiger charge is -2.14. The SMILES string of the molecule is COc1cc(C(=O)N(C)C)cc(Cl)c1OC. The highest BCUT2D eigenvalue weighted by molar-refractivity contribution is 6.32. The van der Waals surface area contributed by atoms with Crippen LogP contribution in [0.1, 0.15) is 10.4 Å². The first kappa shape index (κ1) is 12.6. The lowest BCUT2D eigenvalue weighted by Crippen LogP contribution is -2.21. The smallest absolute Gasteiger partial charge is 0.253 e. The summed E-state index contributed by atoms with van der Waals surface area (Å²) in [5, 5.41) is 0.354. The van der Waals surface area contributed by atoms with Crippen molar-refractivity contribution in [1.82, 2.24) is 4.90 Å². The highest BCUT2D eigenvalue weighted by Gasteiger charge is 2.15. The molecule has 1 amide bonds. The first-order valence-corrected chi connectivity index (χ1v) is 5.02. The van der Waals surface area contributed by atoms with Gasteiger partial charge in [0.25, 0.3) is 5.91 Å². The Balaban J connectivity index is 3.25. The number of carbonyl (C=O) groups is 1. The van der Waals surface area contributed by atoms with Crippen LogP contribution >= 0.6 is 11.6 Å². The van der Waals surface area contributed by atoms with E-state index in [9.17, 15) is 4.79 Å². The highest BCUT2D eigenvalue weighted by Crippen LogP contribution is 2.36. The van der Waals surface area contributed by atoms with E-state index in [4.69, 9.17) is 21.1 Å². The number of carbonyl (C=O) groups excluding carboxylic acids is 1. The van der Waals surface area contributed by atoms with E-state index in [0.29, 0.717) is 22.1 Å². The van der Waals surface area contributed by atoms with Gasteiger partial charge in [0.1, 0.15) is 0 Å². The third-order valence-electron chi connectivity index (χ3n) is 2.09. The number of hydrogen-bond acceptors (Lipinski definition) is 3. The van der Waals surface area contributed by atoms with Crippen molar-refractivity contribution in [3.05, 3.63) is 22.7 Å². The average Bonchev–Trinajstić information content (AvgIpc) is 2.26. The number of hydrogen-bond donors (Lipinski definition) is 0. The quantitative estimate of drug-likeness (QED) is 0.816. The Morgan fingerprint density at radius 1 is 1.25 bits per heavy atom. The third-order valence-corrected chi connectivity index (χ3v) is 2.37. The summed E-state index contributed by atoms with van der Waals surface area (Å²) in [5.41, 5.74) is 0.465. The van der Waals surface area contributed by atoms with Gasteiger partial charge in [0.15, 0.2) is 11.5 Å². The maximum absolute atomic E-state index is 11.7. The number of halogens is 1. The van der Waals surface area contributed by atoms with E-state index < -0.39 is 0 Å². The second kappa shape index (κ2) is 5.07. The van der Waals surface area contributed by atoms with Crippen LogP contribution in [0.4, 0.5) is 0 Å². The predicted octanol–water partition coefficient (Wildman–Crippen LogP) is 2.06. The van der Waals surface area contributed by atoms with Crippen LogP contribution in [0.15, 0.2) is 12.1 Å². The van der Waals surface area contributed by atoms with Crippen LogP contribution in [0.2, 0.25) is 5.02 Å². The van der Waals surface area contributed by atoms with Crippen molar-refractivity contribution in [2.45, 2.75) is 0 Å². The van der Waals surface area contributed by atoms with E-state index in [2.05, 4.69) is 0 Å². The molecule has 0 saturated heterocycles. The fourth-order valence-electron chi connectivity index (χ4n) is 1.30. The van der Waals surface area contributed by atoms with Crippen molar-refractivity contribution < 1.29 is 14.3 Å². The van der Waals surface area contributed by atoms with Crippen LogP contribution in [-0.4, -0.2) is 39.1 Å². The third kappa shape index (κ3) is 2.39. The molecule has 0 aliphatic heterocycles. The molecule has 0 aliphatic carbocycles. The standard InChI is InChI=1S/C11H14ClNO3/c1-13(2)11(14)7-5-8(12)10(16-4)9(6-7)15-3/h5-6H,1-4H3. The molecule has 4 nitrogen and oxygen atoms in total. The molecule has 1 aromatic rings. The van der Waals surface area contributed by atoms with E-state index in [1.807, 2.05) is 0 Å². The van der Waals surface area contributed by atoms with Gasteiger partial charge in [0.2, 0.25) is 0 Å². The minimum absolute atomic E-state index is 0.136. The number of amides is 1. The normalized spacial score (nSPS) is 9.81. The van der Waals surface area contributed by atoms with Gasteiger partial charge in [0.05, 0.1) is 19.2 Å². The van der Waals surface area contributed by atoms with Gasteiger partial charge >= 0.3 is 0 Å². The fourth-order valence-corrected chi connectivity index (χ4v) is 1.59. The first-order chi connectivity index (χ1) is 7.51. The fraction of sp³-hybridized carbons (Fsp3) is 0.364. The molecule has 0 spiro atoms. The first-order valence-electron chi connectivity index (χ1n) is 4.64. The summed E-state index contributed by atoms with van der Waals surface area (Å²) in [6, 6.07) is 3.16. The summed E-state index contributed by atoms with van der Waals surface area (Å²) >= 11 is 5.99. The van der Waals surface area contributed by atoms with E-state index in [0.717, 1.165) is 0 Å². The monoisotopic (exact) mass is 243 g/mol. The Labute approximate surface area is 99.7 Å². The number of methoxy groups -OCH3 is 2. The van der Waals surface area contributed by atoms with Crippen LogP contribution < -0.4 is 9.47 Å².